The Labute approximate surface area is 97.3 Å². The van der Waals surface area contributed by atoms with Gasteiger partial charge in [0.2, 0.25) is 0 Å². The summed E-state index contributed by atoms with van der Waals surface area (Å²) in [6.45, 7) is 2.24. The number of benzene rings is 1. The molecule has 2 nitrogen and oxygen atoms in total. The summed E-state index contributed by atoms with van der Waals surface area (Å²) < 4.78 is 5.18. The minimum absolute atomic E-state index is 0.340. The first-order chi connectivity index (χ1) is 7.72. The first-order valence-electron chi connectivity index (χ1n) is 6.04. The fraction of sp³-hybridized carbons (Fsp3) is 0.571. The second kappa shape index (κ2) is 4.88. The smallest absolute Gasteiger partial charge is 0.119 e. The largest absolute Gasteiger partial charge is 0.497 e. The van der Waals surface area contributed by atoms with Gasteiger partial charge in [0.1, 0.15) is 5.75 Å². The Bertz CT molecular complexity index is 348. The number of aliphatic hydroxyl groups excluding tert-OH is 1. The lowest BCUT2D eigenvalue weighted by Gasteiger charge is -2.22. The van der Waals surface area contributed by atoms with E-state index in [1.165, 1.54) is 12.8 Å². The normalized spacial score (nSPS) is 26.7. The molecule has 2 heteroatoms. The molecule has 16 heavy (non-hydrogen) atoms. The predicted molar refractivity (Wildman–Crippen MR) is 64.5 cm³/mol. The molecule has 88 valence electrons. The van der Waals surface area contributed by atoms with Gasteiger partial charge < -0.3 is 9.84 Å². The highest BCUT2D eigenvalue weighted by atomic mass is 16.5. The van der Waals surface area contributed by atoms with Gasteiger partial charge in [-0.15, -0.1) is 0 Å². The van der Waals surface area contributed by atoms with E-state index in [0.717, 1.165) is 17.7 Å². The Balaban J connectivity index is 2.16. The molecular formula is C14H20O2. The molecular weight excluding hydrogens is 200 g/mol. The van der Waals surface area contributed by atoms with E-state index in [2.05, 4.69) is 6.92 Å². The van der Waals surface area contributed by atoms with Gasteiger partial charge in [0.05, 0.1) is 13.2 Å². The van der Waals surface area contributed by atoms with Crippen molar-refractivity contribution in [2.45, 2.75) is 32.3 Å². The van der Waals surface area contributed by atoms with Gasteiger partial charge in [0, 0.05) is 0 Å². The van der Waals surface area contributed by atoms with Gasteiger partial charge in [0.25, 0.3) is 0 Å². The third-order valence-electron chi connectivity index (χ3n) is 3.77. The Morgan fingerprint density at radius 1 is 1.38 bits per heavy atom. The number of methoxy groups -OCH3 is 1. The highest BCUT2D eigenvalue weighted by molar-refractivity contribution is 5.30. The fourth-order valence-corrected chi connectivity index (χ4v) is 2.72. The van der Waals surface area contributed by atoms with Crippen LogP contribution in [0.15, 0.2) is 24.3 Å². The summed E-state index contributed by atoms with van der Waals surface area (Å²) in [4.78, 5) is 0. The number of ether oxygens (including phenoxy) is 1. The van der Waals surface area contributed by atoms with E-state index in [9.17, 15) is 5.11 Å². The van der Waals surface area contributed by atoms with E-state index in [4.69, 9.17) is 4.74 Å². The Hall–Kier alpha value is -1.02. The molecule has 1 aliphatic rings. The van der Waals surface area contributed by atoms with E-state index in [1.54, 1.807) is 7.11 Å². The van der Waals surface area contributed by atoms with Crippen LogP contribution in [-0.2, 0) is 0 Å². The van der Waals surface area contributed by atoms with Crippen molar-refractivity contribution in [1.82, 2.24) is 0 Å². The lowest BCUT2D eigenvalue weighted by Crippen LogP contribution is -2.15. The molecule has 0 heterocycles. The SMILES string of the molecule is COc1cccc(C(O)C2CCCC2C)c1. The van der Waals surface area contributed by atoms with Crippen molar-refractivity contribution < 1.29 is 9.84 Å². The molecule has 1 saturated carbocycles. The summed E-state index contributed by atoms with van der Waals surface area (Å²) >= 11 is 0. The van der Waals surface area contributed by atoms with Crippen LogP contribution in [0, 0.1) is 11.8 Å². The van der Waals surface area contributed by atoms with Crippen molar-refractivity contribution in [2.75, 3.05) is 7.11 Å². The van der Waals surface area contributed by atoms with Crippen LogP contribution in [0.5, 0.6) is 5.75 Å². The summed E-state index contributed by atoms with van der Waals surface area (Å²) in [7, 11) is 1.66. The van der Waals surface area contributed by atoms with Crippen molar-refractivity contribution in [2.24, 2.45) is 11.8 Å². The van der Waals surface area contributed by atoms with Crippen molar-refractivity contribution in [3.63, 3.8) is 0 Å². The maximum atomic E-state index is 10.4. The average Bonchev–Trinajstić information content (AvgIpc) is 2.74. The summed E-state index contributed by atoms with van der Waals surface area (Å²) in [5.41, 5.74) is 0.984. The van der Waals surface area contributed by atoms with Gasteiger partial charge in [-0.2, -0.15) is 0 Å². The molecule has 1 aliphatic carbocycles. The van der Waals surface area contributed by atoms with Crippen molar-refractivity contribution in [3.8, 4) is 5.75 Å². The van der Waals surface area contributed by atoms with E-state index < -0.39 is 0 Å². The Morgan fingerprint density at radius 2 is 2.19 bits per heavy atom. The molecule has 3 atom stereocenters. The minimum Gasteiger partial charge on any atom is -0.497 e. The van der Waals surface area contributed by atoms with Crippen LogP contribution in [0.4, 0.5) is 0 Å². The maximum absolute atomic E-state index is 10.4. The lowest BCUT2D eigenvalue weighted by molar-refractivity contribution is 0.0898. The van der Waals surface area contributed by atoms with E-state index >= 15 is 0 Å². The van der Waals surface area contributed by atoms with Gasteiger partial charge in [-0.25, -0.2) is 0 Å². The van der Waals surface area contributed by atoms with Crippen molar-refractivity contribution in [3.05, 3.63) is 29.8 Å². The molecule has 0 saturated heterocycles. The molecule has 0 spiro atoms. The standard InChI is InChI=1S/C14H20O2/c1-10-5-3-8-13(10)14(15)11-6-4-7-12(9-11)16-2/h4,6-7,9-10,13-15H,3,5,8H2,1-2H3. The van der Waals surface area contributed by atoms with Crippen LogP contribution < -0.4 is 4.74 Å². The highest BCUT2D eigenvalue weighted by Gasteiger charge is 2.30. The molecule has 0 bridgehead atoms. The van der Waals surface area contributed by atoms with Crippen molar-refractivity contribution >= 4 is 0 Å². The quantitative estimate of drug-likeness (QED) is 0.847. The van der Waals surface area contributed by atoms with Crippen molar-refractivity contribution in [1.29, 1.82) is 0 Å². The van der Waals surface area contributed by atoms with E-state index in [1.807, 2.05) is 24.3 Å². The number of hydrogen-bond donors (Lipinski definition) is 1. The summed E-state index contributed by atoms with van der Waals surface area (Å²) in [6, 6.07) is 7.78. The second-order valence-electron chi connectivity index (χ2n) is 4.79. The Morgan fingerprint density at radius 3 is 2.81 bits per heavy atom. The van der Waals surface area contributed by atoms with Crippen LogP contribution in [0.25, 0.3) is 0 Å². The van der Waals surface area contributed by atoms with Gasteiger partial charge in [-0.05, 0) is 36.0 Å². The zero-order valence-corrected chi connectivity index (χ0v) is 10.0. The van der Waals surface area contributed by atoms with Gasteiger partial charge in [-0.3, -0.25) is 0 Å². The monoisotopic (exact) mass is 220 g/mol. The Kier molecular flexibility index (Phi) is 3.49. The summed E-state index contributed by atoms with van der Waals surface area (Å²) in [5, 5.41) is 10.4. The molecule has 0 aliphatic heterocycles. The topological polar surface area (TPSA) is 29.5 Å². The second-order valence-corrected chi connectivity index (χ2v) is 4.79. The molecule has 0 aromatic heterocycles. The summed E-state index contributed by atoms with van der Waals surface area (Å²) in [6.07, 6.45) is 3.28. The van der Waals surface area contributed by atoms with Crippen LogP contribution in [-0.4, -0.2) is 12.2 Å². The zero-order valence-electron chi connectivity index (χ0n) is 10.0. The summed E-state index contributed by atoms with van der Waals surface area (Å²) in [5.74, 6) is 1.86. The molecule has 0 amide bonds. The molecule has 1 N–H and O–H groups in total. The molecule has 0 radical (unpaired) electrons. The number of aliphatic hydroxyl groups is 1. The van der Waals surface area contributed by atoms with E-state index in [0.29, 0.717) is 11.8 Å². The van der Waals surface area contributed by atoms with Crippen LogP contribution in [0.2, 0.25) is 0 Å². The number of hydrogen-bond acceptors (Lipinski definition) is 2. The first kappa shape index (κ1) is 11.5. The van der Waals surface area contributed by atoms with Gasteiger partial charge in [-0.1, -0.05) is 31.9 Å². The first-order valence-corrected chi connectivity index (χ1v) is 6.04. The van der Waals surface area contributed by atoms with E-state index in [-0.39, 0.29) is 6.10 Å². The van der Waals surface area contributed by atoms with Crippen LogP contribution in [0.3, 0.4) is 0 Å². The molecule has 2 rings (SSSR count). The van der Waals surface area contributed by atoms with Gasteiger partial charge >= 0.3 is 0 Å². The van der Waals surface area contributed by atoms with Crippen LogP contribution in [0.1, 0.15) is 37.9 Å². The highest BCUT2D eigenvalue weighted by Crippen LogP contribution is 2.40. The average molecular weight is 220 g/mol. The molecule has 1 aromatic carbocycles. The third kappa shape index (κ3) is 2.22. The zero-order chi connectivity index (χ0) is 11.5. The third-order valence-corrected chi connectivity index (χ3v) is 3.77. The maximum Gasteiger partial charge on any atom is 0.119 e. The molecule has 3 unspecified atom stereocenters. The fourth-order valence-electron chi connectivity index (χ4n) is 2.72. The molecule has 1 fully saturated rings. The predicted octanol–water partition coefficient (Wildman–Crippen LogP) is 3.16. The number of rotatable bonds is 3. The van der Waals surface area contributed by atoms with Crippen LogP contribution >= 0.6 is 0 Å². The lowest BCUT2D eigenvalue weighted by atomic mass is 9.88. The van der Waals surface area contributed by atoms with Gasteiger partial charge in [0.15, 0.2) is 0 Å². The molecule has 1 aromatic rings. The minimum atomic E-state index is -0.340.